The van der Waals surface area contributed by atoms with Gasteiger partial charge in [0.05, 0.1) is 27.1 Å². The molecule has 25 heavy (non-hydrogen) atoms. The number of hydrogen-bond acceptors (Lipinski definition) is 2. The van der Waals surface area contributed by atoms with Crippen molar-refractivity contribution in [2.75, 3.05) is 39.6 Å². The lowest BCUT2D eigenvalue weighted by atomic mass is 10.0. The number of carbonyl (C=O) groups excluding carboxylic acids is 1. The number of nitrogens with one attached hydrogen (secondary N) is 2. The first-order chi connectivity index (χ1) is 11.9. The molecule has 0 unspecified atom stereocenters. The Morgan fingerprint density at radius 3 is 2.20 bits per heavy atom. The molecule has 0 aliphatic rings. The maximum Gasteiger partial charge on any atom is 0.224 e. The number of amides is 1. The van der Waals surface area contributed by atoms with Gasteiger partial charge in [0.15, 0.2) is 0 Å². The van der Waals surface area contributed by atoms with Crippen molar-refractivity contribution in [1.82, 2.24) is 5.32 Å². The van der Waals surface area contributed by atoms with Crippen LogP contribution in [0.1, 0.15) is 17.2 Å². The second kappa shape index (κ2) is 8.62. The van der Waals surface area contributed by atoms with Crippen molar-refractivity contribution in [3.63, 3.8) is 0 Å². The minimum absolute atomic E-state index is 0.0530. The van der Waals surface area contributed by atoms with Crippen LogP contribution in [-0.4, -0.2) is 40.6 Å². The van der Waals surface area contributed by atoms with Crippen LogP contribution in [0.15, 0.2) is 48.5 Å². The maximum absolute atomic E-state index is 12.9. The van der Waals surface area contributed by atoms with Crippen LogP contribution in [0.25, 0.3) is 0 Å². The molecule has 0 fully saturated rings. The van der Waals surface area contributed by atoms with Gasteiger partial charge in [0, 0.05) is 25.3 Å². The van der Waals surface area contributed by atoms with E-state index in [-0.39, 0.29) is 24.2 Å². The van der Waals surface area contributed by atoms with E-state index in [9.17, 15) is 9.18 Å². The lowest BCUT2D eigenvalue weighted by Crippen LogP contribution is -3.07. The quantitative estimate of drug-likeness (QED) is 0.797. The zero-order valence-electron chi connectivity index (χ0n) is 15.3. The third-order valence-corrected chi connectivity index (χ3v) is 4.29. The normalized spacial score (nSPS) is 12.1. The van der Waals surface area contributed by atoms with Crippen molar-refractivity contribution in [2.24, 2.45) is 0 Å². The van der Waals surface area contributed by atoms with E-state index in [2.05, 4.69) is 48.6 Å². The van der Waals surface area contributed by atoms with E-state index in [0.29, 0.717) is 6.54 Å². The zero-order chi connectivity index (χ0) is 18.4. The SMILES string of the molecule is CN(C)c1ccc([C@H](CNC(=O)Cc2ccc(F)cc2)[NH+](C)C)cc1. The summed E-state index contributed by atoms with van der Waals surface area (Å²) in [6, 6.07) is 14.6. The van der Waals surface area contributed by atoms with Gasteiger partial charge in [-0.05, 0) is 29.8 Å². The summed E-state index contributed by atoms with van der Waals surface area (Å²) < 4.78 is 12.9. The number of quaternary nitrogens is 1. The largest absolute Gasteiger partial charge is 0.378 e. The van der Waals surface area contributed by atoms with Crippen LogP contribution in [0.4, 0.5) is 10.1 Å². The van der Waals surface area contributed by atoms with Crippen LogP contribution in [0.2, 0.25) is 0 Å². The number of anilines is 1. The van der Waals surface area contributed by atoms with Gasteiger partial charge < -0.3 is 15.1 Å². The van der Waals surface area contributed by atoms with Gasteiger partial charge in [-0.1, -0.05) is 24.3 Å². The number of rotatable bonds is 7. The predicted molar refractivity (Wildman–Crippen MR) is 99.4 cm³/mol. The van der Waals surface area contributed by atoms with E-state index in [1.807, 2.05) is 14.1 Å². The molecule has 4 nitrogen and oxygen atoms in total. The highest BCUT2D eigenvalue weighted by Crippen LogP contribution is 2.16. The Labute approximate surface area is 149 Å². The molecule has 0 bridgehead atoms. The van der Waals surface area contributed by atoms with E-state index < -0.39 is 0 Å². The molecule has 1 atom stereocenters. The second-order valence-corrected chi connectivity index (χ2v) is 6.72. The minimum Gasteiger partial charge on any atom is -0.378 e. The number of carbonyl (C=O) groups is 1. The molecule has 0 aromatic heterocycles. The predicted octanol–water partition coefficient (Wildman–Crippen LogP) is 1.44. The summed E-state index contributed by atoms with van der Waals surface area (Å²) in [5.41, 5.74) is 3.15. The van der Waals surface area contributed by atoms with Crippen molar-refractivity contribution in [3.05, 3.63) is 65.5 Å². The van der Waals surface area contributed by atoms with Crippen molar-refractivity contribution in [2.45, 2.75) is 12.5 Å². The summed E-state index contributed by atoms with van der Waals surface area (Å²) in [4.78, 5) is 15.5. The van der Waals surface area contributed by atoms with Gasteiger partial charge in [0.25, 0.3) is 0 Å². The zero-order valence-corrected chi connectivity index (χ0v) is 15.3. The van der Waals surface area contributed by atoms with Crippen LogP contribution in [0.5, 0.6) is 0 Å². The molecule has 0 saturated carbocycles. The monoisotopic (exact) mass is 344 g/mol. The van der Waals surface area contributed by atoms with E-state index in [4.69, 9.17) is 0 Å². The van der Waals surface area contributed by atoms with Crippen LogP contribution >= 0.6 is 0 Å². The third-order valence-electron chi connectivity index (χ3n) is 4.29. The molecule has 5 heteroatoms. The molecule has 2 aromatic rings. The lowest BCUT2D eigenvalue weighted by molar-refractivity contribution is -0.890. The minimum atomic E-state index is -0.290. The third kappa shape index (κ3) is 5.57. The van der Waals surface area contributed by atoms with Crippen molar-refractivity contribution in [3.8, 4) is 0 Å². The van der Waals surface area contributed by atoms with E-state index >= 15 is 0 Å². The van der Waals surface area contributed by atoms with E-state index in [0.717, 1.165) is 11.3 Å². The number of halogens is 1. The molecule has 2 rings (SSSR count). The van der Waals surface area contributed by atoms with Gasteiger partial charge in [0.2, 0.25) is 5.91 Å². The molecule has 0 aliphatic carbocycles. The summed E-state index contributed by atoms with van der Waals surface area (Å²) in [5, 5.41) is 3.00. The molecule has 0 aliphatic heterocycles. The standard InChI is InChI=1S/C20H26FN3O/c1-23(2)18-11-7-16(8-12-18)19(24(3)4)14-22-20(25)13-15-5-9-17(21)10-6-15/h5-12,19H,13-14H2,1-4H3,(H,22,25)/p+1/t19-/m0/s1. The highest BCUT2D eigenvalue weighted by molar-refractivity contribution is 5.78. The molecule has 1 amide bonds. The first-order valence-electron chi connectivity index (χ1n) is 8.45. The van der Waals surface area contributed by atoms with Gasteiger partial charge >= 0.3 is 0 Å². The lowest BCUT2D eigenvalue weighted by Gasteiger charge is -2.23. The molecule has 134 valence electrons. The number of likely N-dealkylation sites (N-methyl/N-ethyl adjacent to an activating group) is 1. The van der Waals surface area contributed by atoms with Crippen LogP contribution < -0.4 is 15.1 Å². The summed E-state index contributed by atoms with van der Waals surface area (Å²) in [6.45, 7) is 0.559. The van der Waals surface area contributed by atoms with Crippen LogP contribution in [-0.2, 0) is 11.2 Å². The van der Waals surface area contributed by atoms with Crippen LogP contribution in [0.3, 0.4) is 0 Å². The van der Waals surface area contributed by atoms with Crippen molar-refractivity contribution in [1.29, 1.82) is 0 Å². The number of nitrogens with zero attached hydrogens (tertiary/aromatic N) is 1. The van der Waals surface area contributed by atoms with Crippen molar-refractivity contribution >= 4 is 11.6 Å². The molecular formula is C20H27FN3O+. The highest BCUT2D eigenvalue weighted by atomic mass is 19.1. The van der Waals surface area contributed by atoms with Gasteiger partial charge in [-0.15, -0.1) is 0 Å². The average molecular weight is 344 g/mol. The van der Waals surface area contributed by atoms with Gasteiger partial charge in [0.1, 0.15) is 11.9 Å². The van der Waals surface area contributed by atoms with Gasteiger partial charge in [-0.2, -0.15) is 0 Å². The Kier molecular flexibility index (Phi) is 6.53. The molecule has 0 radical (unpaired) electrons. The summed E-state index contributed by atoms with van der Waals surface area (Å²) in [7, 11) is 8.19. The highest BCUT2D eigenvalue weighted by Gasteiger charge is 2.19. The molecule has 2 N–H and O–H groups in total. The smallest absolute Gasteiger partial charge is 0.224 e. The molecule has 0 saturated heterocycles. The molecule has 0 spiro atoms. The Morgan fingerprint density at radius 1 is 1.08 bits per heavy atom. The Balaban J connectivity index is 1.96. The Morgan fingerprint density at radius 2 is 1.68 bits per heavy atom. The molecule has 0 heterocycles. The van der Waals surface area contributed by atoms with E-state index in [1.54, 1.807) is 12.1 Å². The van der Waals surface area contributed by atoms with Crippen molar-refractivity contribution < 1.29 is 14.1 Å². The summed E-state index contributed by atoms with van der Waals surface area (Å²) in [6.07, 6.45) is 0.259. The number of benzene rings is 2. The molecular weight excluding hydrogens is 317 g/mol. The summed E-state index contributed by atoms with van der Waals surface area (Å²) in [5.74, 6) is -0.343. The Bertz CT molecular complexity index is 681. The first-order valence-corrected chi connectivity index (χ1v) is 8.45. The topological polar surface area (TPSA) is 36.8 Å². The first kappa shape index (κ1) is 18.9. The fraction of sp³-hybridized carbons (Fsp3) is 0.350. The average Bonchev–Trinajstić information content (AvgIpc) is 2.57. The molecule has 2 aromatic carbocycles. The summed E-state index contributed by atoms with van der Waals surface area (Å²) >= 11 is 0. The van der Waals surface area contributed by atoms with Gasteiger partial charge in [-0.25, -0.2) is 4.39 Å². The van der Waals surface area contributed by atoms with Crippen LogP contribution in [0, 0.1) is 5.82 Å². The fourth-order valence-corrected chi connectivity index (χ4v) is 2.73. The fourth-order valence-electron chi connectivity index (χ4n) is 2.73. The van der Waals surface area contributed by atoms with E-state index in [1.165, 1.54) is 22.6 Å². The number of hydrogen-bond donors (Lipinski definition) is 2. The second-order valence-electron chi connectivity index (χ2n) is 6.72. The maximum atomic E-state index is 12.9. The van der Waals surface area contributed by atoms with Gasteiger partial charge in [-0.3, -0.25) is 4.79 Å². The Hall–Kier alpha value is -2.40.